The van der Waals surface area contributed by atoms with Crippen LogP contribution in [0.2, 0.25) is 5.02 Å². The molecule has 2 rings (SSSR count). The van der Waals surface area contributed by atoms with Crippen LogP contribution in [0, 0.1) is 11.3 Å². The predicted octanol–water partition coefficient (Wildman–Crippen LogP) is 3.07. The molecule has 4 nitrogen and oxygen atoms in total. The topological polar surface area (TPSA) is 70.1 Å². The number of hydrogen-bond donors (Lipinski definition) is 1. The molecule has 0 heterocycles. The van der Waals surface area contributed by atoms with Crippen LogP contribution in [0.1, 0.15) is 21.5 Å². The van der Waals surface area contributed by atoms with Crippen molar-refractivity contribution in [1.82, 2.24) is 4.90 Å². The number of rotatable bonds is 3. The van der Waals surface area contributed by atoms with E-state index < -0.39 is 0 Å². The van der Waals surface area contributed by atoms with Crippen LogP contribution in [-0.4, -0.2) is 17.9 Å². The Morgan fingerprint density at radius 2 is 1.95 bits per heavy atom. The number of anilines is 1. The maximum Gasteiger partial charge on any atom is 0.256 e. The van der Waals surface area contributed by atoms with Crippen LogP contribution in [0.25, 0.3) is 0 Å². The number of para-hydroxylation sites is 1. The molecule has 0 aromatic heterocycles. The van der Waals surface area contributed by atoms with Crippen molar-refractivity contribution in [1.29, 1.82) is 5.26 Å². The van der Waals surface area contributed by atoms with E-state index in [0.717, 1.165) is 5.56 Å². The van der Waals surface area contributed by atoms with E-state index in [1.807, 2.05) is 12.1 Å². The van der Waals surface area contributed by atoms with Gasteiger partial charge in [0, 0.05) is 13.6 Å². The van der Waals surface area contributed by atoms with Crippen molar-refractivity contribution in [2.45, 2.75) is 6.54 Å². The normalized spacial score (nSPS) is 9.95. The Morgan fingerprint density at radius 3 is 2.57 bits per heavy atom. The van der Waals surface area contributed by atoms with Crippen molar-refractivity contribution in [2.75, 3.05) is 12.8 Å². The van der Waals surface area contributed by atoms with Crippen molar-refractivity contribution in [2.24, 2.45) is 0 Å². The van der Waals surface area contributed by atoms with Crippen molar-refractivity contribution < 1.29 is 4.79 Å². The Hall–Kier alpha value is -2.51. The van der Waals surface area contributed by atoms with Crippen LogP contribution in [-0.2, 0) is 6.54 Å². The lowest BCUT2D eigenvalue weighted by Gasteiger charge is -2.18. The standard InChI is InChI=1S/C16H14ClN3O/c1-20(10-12-7-5-11(9-18)6-8-12)16(21)13-3-2-4-14(17)15(13)19/h2-8H,10,19H2,1H3. The summed E-state index contributed by atoms with van der Waals surface area (Å²) in [6.45, 7) is 0.427. The summed E-state index contributed by atoms with van der Waals surface area (Å²) in [5.74, 6) is -0.195. The van der Waals surface area contributed by atoms with E-state index in [9.17, 15) is 4.79 Å². The van der Waals surface area contributed by atoms with Crippen molar-refractivity contribution in [3.05, 3.63) is 64.2 Å². The maximum absolute atomic E-state index is 12.4. The van der Waals surface area contributed by atoms with E-state index in [1.165, 1.54) is 0 Å². The first-order chi connectivity index (χ1) is 10.0. The molecule has 21 heavy (non-hydrogen) atoms. The minimum Gasteiger partial charge on any atom is -0.397 e. The molecule has 0 unspecified atom stereocenters. The molecule has 0 bridgehead atoms. The zero-order valence-corrected chi connectivity index (χ0v) is 12.3. The van der Waals surface area contributed by atoms with E-state index in [-0.39, 0.29) is 11.6 Å². The minimum absolute atomic E-state index is 0.195. The van der Waals surface area contributed by atoms with Gasteiger partial charge in [0.25, 0.3) is 5.91 Å². The highest BCUT2D eigenvalue weighted by Gasteiger charge is 2.16. The smallest absolute Gasteiger partial charge is 0.256 e. The third-order valence-corrected chi connectivity index (χ3v) is 3.46. The quantitative estimate of drug-likeness (QED) is 0.885. The van der Waals surface area contributed by atoms with Gasteiger partial charge in [-0.25, -0.2) is 0 Å². The molecule has 2 aromatic rings. The van der Waals surface area contributed by atoms with Crippen molar-refractivity contribution in [3.8, 4) is 6.07 Å². The average molecular weight is 300 g/mol. The minimum atomic E-state index is -0.195. The summed E-state index contributed by atoms with van der Waals surface area (Å²) in [5, 5.41) is 9.13. The van der Waals surface area contributed by atoms with Crippen LogP contribution in [0.15, 0.2) is 42.5 Å². The number of carbonyl (C=O) groups excluding carboxylic acids is 1. The number of halogens is 1. The zero-order valence-electron chi connectivity index (χ0n) is 11.5. The lowest BCUT2D eigenvalue weighted by molar-refractivity contribution is 0.0786. The summed E-state index contributed by atoms with van der Waals surface area (Å²) < 4.78 is 0. The van der Waals surface area contributed by atoms with E-state index in [1.54, 1.807) is 42.3 Å². The van der Waals surface area contributed by atoms with Gasteiger partial charge in [0.05, 0.1) is 27.9 Å². The molecule has 2 aromatic carbocycles. The molecular weight excluding hydrogens is 286 g/mol. The molecule has 0 aliphatic rings. The second kappa shape index (κ2) is 6.29. The van der Waals surface area contributed by atoms with Gasteiger partial charge in [-0.2, -0.15) is 5.26 Å². The maximum atomic E-state index is 12.4. The Labute approximate surface area is 128 Å². The molecule has 0 radical (unpaired) electrons. The van der Waals surface area contributed by atoms with Gasteiger partial charge in [-0.15, -0.1) is 0 Å². The first-order valence-corrected chi connectivity index (χ1v) is 6.69. The van der Waals surface area contributed by atoms with Gasteiger partial charge in [-0.1, -0.05) is 29.8 Å². The molecule has 2 N–H and O–H groups in total. The van der Waals surface area contributed by atoms with Crippen LogP contribution in [0.4, 0.5) is 5.69 Å². The number of nitrogens with two attached hydrogens (primary N) is 1. The number of amides is 1. The number of nitrogen functional groups attached to an aromatic ring is 1. The zero-order chi connectivity index (χ0) is 15.4. The largest absolute Gasteiger partial charge is 0.397 e. The second-order valence-electron chi connectivity index (χ2n) is 4.67. The number of nitriles is 1. The summed E-state index contributed by atoms with van der Waals surface area (Å²) in [5.41, 5.74) is 8.04. The summed E-state index contributed by atoms with van der Waals surface area (Å²) in [6.07, 6.45) is 0. The highest BCUT2D eigenvalue weighted by atomic mass is 35.5. The summed E-state index contributed by atoms with van der Waals surface area (Å²) in [7, 11) is 1.70. The Balaban J connectivity index is 2.15. The number of carbonyl (C=O) groups is 1. The lowest BCUT2D eigenvalue weighted by Crippen LogP contribution is -2.27. The second-order valence-corrected chi connectivity index (χ2v) is 5.08. The molecule has 0 aliphatic carbocycles. The van der Waals surface area contributed by atoms with Gasteiger partial charge < -0.3 is 10.6 Å². The highest BCUT2D eigenvalue weighted by molar-refractivity contribution is 6.33. The van der Waals surface area contributed by atoms with Crippen LogP contribution in [0.5, 0.6) is 0 Å². The van der Waals surface area contributed by atoms with Gasteiger partial charge in [0.15, 0.2) is 0 Å². The fraction of sp³-hybridized carbons (Fsp3) is 0.125. The van der Waals surface area contributed by atoms with Gasteiger partial charge >= 0.3 is 0 Å². The van der Waals surface area contributed by atoms with Crippen molar-refractivity contribution in [3.63, 3.8) is 0 Å². The predicted molar refractivity (Wildman–Crippen MR) is 82.8 cm³/mol. The third-order valence-electron chi connectivity index (χ3n) is 3.13. The first-order valence-electron chi connectivity index (χ1n) is 6.31. The lowest BCUT2D eigenvalue weighted by atomic mass is 10.1. The van der Waals surface area contributed by atoms with Crippen LogP contribution >= 0.6 is 11.6 Å². The molecule has 0 fully saturated rings. The van der Waals surface area contributed by atoms with Crippen LogP contribution < -0.4 is 5.73 Å². The van der Waals surface area contributed by atoms with Gasteiger partial charge in [0.1, 0.15) is 0 Å². The summed E-state index contributed by atoms with van der Waals surface area (Å²) in [4.78, 5) is 13.9. The number of benzene rings is 2. The molecule has 0 atom stereocenters. The highest BCUT2D eigenvalue weighted by Crippen LogP contribution is 2.23. The monoisotopic (exact) mass is 299 g/mol. The van der Waals surface area contributed by atoms with Gasteiger partial charge in [0.2, 0.25) is 0 Å². The molecule has 0 saturated heterocycles. The van der Waals surface area contributed by atoms with Crippen LogP contribution in [0.3, 0.4) is 0 Å². The first kappa shape index (κ1) is 14.9. The molecule has 5 heteroatoms. The van der Waals surface area contributed by atoms with E-state index >= 15 is 0 Å². The third kappa shape index (κ3) is 3.33. The summed E-state index contributed by atoms with van der Waals surface area (Å²) >= 11 is 5.93. The Kier molecular flexibility index (Phi) is 4.46. The Bertz CT molecular complexity index is 704. The molecule has 0 aliphatic heterocycles. The molecule has 0 spiro atoms. The van der Waals surface area contributed by atoms with Gasteiger partial charge in [-0.3, -0.25) is 4.79 Å². The number of hydrogen-bond acceptors (Lipinski definition) is 3. The van der Waals surface area contributed by atoms with E-state index in [2.05, 4.69) is 6.07 Å². The average Bonchev–Trinajstić information content (AvgIpc) is 2.50. The molecular formula is C16H14ClN3O. The fourth-order valence-corrected chi connectivity index (χ4v) is 2.13. The van der Waals surface area contributed by atoms with E-state index in [4.69, 9.17) is 22.6 Å². The summed E-state index contributed by atoms with van der Waals surface area (Å²) in [6, 6.07) is 14.1. The molecule has 1 amide bonds. The van der Waals surface area contributed by atoms with Crippen molar-refractivity contribution >= 4 is 23.2 Å². The fourth-order valence-electron chi connectivity index (χ4n) is 1.96. The number of nitrogens with zero attached hydrogens (tertiary/aromatic N) is 2. The van der Waals surface area contributed by atoms with Gasteiger partial charge in [-0.05, 0) is 29.8 Å². The van der Waals surface area contributed by atoms with E-state index in [0.29, 0.717) is 22.7 Å². The molecule has 0 saturated carbocycles. The SMILES string of the molecule is CN(Cc1ccc(C#N)cc1)C(=O)c1cccc(Cl)c1N. The molecule has 106 valence electrons. The Morgan fingerprint density at radius 1 is 1.29 bits per heavy atom.